The lowest BCUT2D eigenvalue weighted by Crippen LogP contribution is -2.13. The molecule has 0 spiro atoms. The average molecular weight is 453 g/mol. The van der Waals surface area contributed by atoms with Gasteiger partial charge in [-0.25, -0.2) is 0 Å². The second-order valence-electron chi connectivity index (χ2n) is 6.65. The van der Waals surface area contributed by atoms with E-state index < -0.39 is 0 Å². The number of hydrogen-bond acceptors (Lipinski definition) is 7. The number of pyridine rings is 2. The molecule has 0 bridgehead atoms. The summed E-state index contributed by atoms with van der Waals surface area (Å²) in [4.78, 5) is 11.0. The van der Waals surface area contributed by atoms with Crippen molar-refractivity contribution in [3.05, 3.63) is 60.9 Å². The highest BCUT2D eigenvalue weighted by atomic mass is 32.2. The SMILES string of the molecule is CSc1cnc2ccccc2c1OCCOCCOc1c(SC)cnc2ccccc12. The van der Waals surface area contributed by atoms with Crippen LogP contribution in [0.15, 0.2) is 70.7 Å². The highest BCUT2D eigenvalue weighted by molar-refractivity contribution is 7.99. The highest BCUT2D eigenvalue weighted by Gasteiger charge is 2.11. The maximum absolute atomic E-state index is 6.06. The lowest BCUT2D eigenvalue weighted by molar-refractivity contribution is 0.0759. The summed E-state index contributed by atoms with van der Waals surface area (Å²) in [6.07, 6.45) is 7.77. The van der Waals surface area contributed by atoms with Crippen LogP contribution in [0.1, 0.15) is 0 Å². The Bertz CT molecular complexity index is 1080. The van der Waals surface area contributed by atoms with Gasteiger partial charge in [-0.2, -0.15) is 0 Å². The molecule has 2 aromatic heterocycles. The van der Waals surface area contributed by atoms with E-state index in [0.29, 0.717) is 26.4 Å². The predicted octanol–water partition coefficient (Wildman–Crippen LogP) is 5.70. The molecular weight excluding hydrogens is 428 g/mol. The normalized spacial score (nSPS) is 11.2. The number of rotatable bonds is 10. The van der Waals surface area contributed by atoms with Gasteiger partial charge in [0, 0.05) is 23.2 Å². The van der Waals surface area contributed by atoms with Crippen LogP contribution < -0.4 is 9.47 Å². The molecule has 31 heavy (non-hydrogen) atoms. The summed E-state index contributed by atoms with van der Waals surface area (Å²) < 4.78 is 17.9. The molecule has 0 N–H and O–H groups in total. The molecule has 0 aliphatic carbocycles. The monoisotopic (exact) mass is 452 g/mol. The van der Waals surface area contributed by atoms with Crippen molar-refractivity contribution in [3.63, 3.8) is 0 Å². The van der Waals surface area contributed by atoms with E-state index in [1.165, 1.54) is 0 Å². The van der Waals surface area contributed by atoms with Crippen molar-refractivity contribution >= 4 is 45.3 Å². The van der Waals surface area contributed by atoms with E-state index in [1.54, 1.807) is 23.5 Å². The standard InChI is InChI=1S/C24H24N2O3S2/c1-30-21-15-25-19-9-5-3-7-17(19)23(21)28-13-11-27-12-14-29-24-18-8-4-6-10-20(18)26-16-22(24)31-2/h3-10,15-16H,11-14H2,1-2H3. The molecular formula is C24H24N2O3S2. The number of nitrogens with zero attached hydrogens (tertiary/aromatic N) is 2. The van der Waals surface area contributed by atoms with Crippen molar-refractivity contribution in [1.29, 1.82) is 0 Å². The Balaban J connectivity index is 1.30. The van der Waals surface area contributed by atoms with E-state index in [1.807, 2.05) is 73.4 Å². The Kier molecular flexibility index (Phi) is 7.51. The van der Waals surface area contributed by atoms with Crippen LogP contribution in [-0.2, 0) is 4.74 Å². The molecule has 0 unspecified atom stereocenters. The summed E-state index contributed by atoms with van der Waals surface area (Å²) in [6, 6.07) is 16.0. The number of aromatic nitrogens is 2. The van der Waals surface area contributed by atoms with Gasteiger partial charge in [0.25, 0.3) is 0 Å². The number of fused-ring (bicyclic) bond motifs is 2. The molecule has 0 amide bonds. The van der Waals surface area contributed by atoms with E-state index in [9.17, 15) is 0 Å². The molecule has 4 aromatic rings. The maximum Gasteiger partial charge on any atom is 0.143 e. The minimum Gasteiger partial charge on any atom is -0.489 e. The molecule has 0 aliphatic heterocycles. The zero-order valence-corrected chi connectivity index (χ0v) is 19.2. The van der Waals surface area contributed by atoms with E-state index in [2.05, 4.69) is 9.97 Å². The Morgan fingerprint density at radius 3 is 1.55 bits per heavy atom. The van der Waals surface area contributed by atoms with Gasteiger partial charge in [-0.15, -0.1) is 23.5 Å². The van der Waals surface area contributed by atoms with Crippen LogP contribution in [0.25, 0.3) is 21.8 Å². The third-order valence-corrected chi connectivity index (χ3v) is 6.24. The summed E-state index contributed by atoms with van der Waals surface area (Å²) in [6.45, 7) is 1.91. The molecule has 0 fully saturated rings. The predicted molar refractivity (Wildman–Crippen MR) is 129 cm³/mol. The first-order valence-electron chi connectivity index (χ1n) is 9.98. The molecule has 0 saturated heterocycles. The summed E-state index contributed by atoms with van der Waals surface area (Å²) in [5.74, 6) is 1.73. The van der Waals surface area contributed by atoms with E-state index in [-0.39, 0.29) is 0 Å². The Morgan fingerprint density at radius 1 is 0.645 bits per heavy atom. The summed E-state index contributed by atoms with van der Waals surface area (Å²) >= 11 is 3.26. The largest absolute Gasteiger partial charge is 0.489 e. The molecule has 160 valence electrons. The second-order valence-corrected chi connectivity index (χ2v) is 8.35. The molecule has 4 rings (SSSR count). The highest BCUT2D eigenvalue weighted by Crippen LogP contribution is 2.35. The van der Waals surface area contributed by atoms with Crippen LogP contribution in [-0.4, -0.2) is 48.9 Å². The molecule has 2 aromatic carbocycles. The van der Waals surface area contributed by atoms with Gasteiger partial charge in [0.2, 0.25) is 0 Å². The van der Waals surface area contributed by atoms with Gasteiger partial charge in [-0.3, -0.25) is 9.97 Å². The van der Waals surface area contributed by atoms with E-state index >= 15 is 0 Å². The van der Waals surface area contributed by atoms with Crippen LogP contribution in [0, 0.1) is 0 Å². The van der Waals surface area contributed by atoms with Gasteiger partial charge in [0.15, 0.2) is 0 Å². The minimum atomic E-state index is 0.468. The molecule has 0 atom stereocenters. The third kappa shape index (κ3) is 5.06. The van der Waals surface area contributed by atoms with E-state index in [4.69, 9.17) is 14.2 Å². The van der Waals surface area contributed by atoms with Crippen LogP contribution in [0.5, 0.6) is 11.5 Å². The fraction of sp³-hybridized carbons (Fsp3) is 0.250. The van der Waals surface area contributed by atoms with Crippen LogP contribution >= 0.6 is 23.5 Å². The first kappa shape index (κ1) is 21.7. The van der Waals surface area contributed by atoms with Crippen molar-refractivity contribution in [2.45, 2.75) is 9.79 Å². The molecule has 5 nitrogen and oxygen atoms in total. The first-order valence-corrected chi connectivity index (χ1v) is 12.4. The van der Waals surface area contributed by atoms with Crippen LogP contribution in [0.3, 0.4) is 0 Å². The molecule has 2 heterocycles. The van der Waals surface area contributed by atoms with Gasteiger partial charge in [-0.05, 0) is 36.8 Å². The summed E-state index contributed by atoms with van der Waals surface area (Å²) in [5.41, 5.74) is 1.86. The summed E-state index contributed by atoms with van der Waals surface area (Å²) in [7, 11) is 0. The fourth-order valence-electron chi connectivity index (χ4n) is 3.29. The third-order valence-electron chi connectivity index (χ3n) is 4.77. The van der Waals surface area contributed by atoms with Crippen molar-refractivity contribution in [1.82, 2.24) is 9.97 Å². The quantitative estimate of drug-likeness (QED) is 0.226. The Morgan fingerprint density at radius 2 is 1.10 bits per heavy atom. The molecule has 0 radical (unpaired) electrons. The summed E-state index contributed by atoms with van der Waals surface area (Å²) in [5, 5.41) is 2.04. The van der Waals surface area contributed by atoms with Crippen LogP contribution in [0.4, 0.5) is 0 Å². The molecule has 0 saturated carbocycles. The zero-order chi connectivity index (χ0) is 21.5. The van der Waals surface area contributed by atoms with E-state index in [0.717, 1.165) is 43.1 Å². The number of para-hydroxylation sites is 2. The Hall–Kier alpha value is -2.48. The Labute approximate surface area is 190 Å². The van der Waals surface area contributed by atoms with Gasteiger partial charge >= 0.3 is 0 Å². The topological polar surface area (TPSA) is 53.5 Å². The average Bonchev–Trinajstić information content (AvgIpc) is 2.83. The van der Waals surface area contributed by atoms with Crippen molar-refractivity contribution < 1.29 is 14.2 Å². The zero-order valence-electron chi connectivity index (χ0n) is 17.5. The van der Waals surface area contributed by atoms with Gasteiger partial charge in [-0.1, -0.05) is 24.3 Å². The fourth-order valence-corrected chi connectivity index (χ4v) is 4.32. The molecule has 7 heteroatoms. The van der Waals surface area contributed by atoms with Crippen molar-refractivity contribution in [3.8, 4) is 11.5 Å². The van der Waals surface area contributed by atoms with Crippen LogP contribution in [0.2, 0.25) is 0 Å². The number of ether oxygens (including phenoxy) is 3. The lowest BCUT2D eigenvalue weighted by Gasteiger charge is -2.14. The number of benzene rings is 2. The number of hydrogen-bond donors (Lipinski definition) is 0. The smallest absolute Gasteiger partial charge is 0.143 e. The molecule has 0 aliphatic rings. The van der Waals surface area contributed by atoms with Gasteiger partial charge in [0.05, 0.1) is 34.0 Å². The minimum absolute atomic E-state index is 0.468. The second kappa shape index (κ2) is 10.7. The maximum atomic E-state index is 6.06. The van der Waals surface area contributed by atoms with Gasteiger partial charge in [0.1, 0.15) is 24.7 Å². The number of thioether (sulfide) groups is 2. The van der Waals surface area contributed by atoms with Crippen molar-refractivity contribution in [2.75, 3.05) is 38.9 Å². The van der Waals surface area contributed by atoms with Crippen molar-refractivity contribution in [2.24, 2.45) is 0 Å². The lowest BCUT2D eigenvalue weighted by atomic mass is 10.2. The van der Waals surface area contributed by atoms with Gasteiger partial charge < -0.3 is 14.2 Å². The first-order chi connectivity index (χ1) is 15.3.